The maximum atomic E-state index is 12.9. The van der Waals surface area contributed by atoms with Crippen molar-refractivity contribution in [3.63, 3.8) is 0 Å². The van der Waals surface area contributed by atoms with Gasteiger partial charge in [0.15, 0.2) is 4.80 Å². The van der Waals surface area contributed by atoms with Gasteiger partial charge in [-0.3, -0.25) is 14.3 Å². The van der Waals surface area contributed by atoms with Gasteiger partial charge in [-0.25, -0.2) is 8.42 Å². The van der Waals surface area contributed by atoms with Crippen molar-refractivity contribution < 1.29 is 27.5 Å². The van der Waals surface area contributed by atoms with Crippen LogP contribution in [0.25, 0.3) is 10.2 Å². The highest BCUT2D eigenvalue weighted by Gasteiger charge is 2.15. The first-order valence-electron chi connectivity index (χ1n) is 10.9. The first kappa shape index (κ1) is 25.1. The van der Waals surface area contributed by atoms with Gasteiger partial charge < -0.3 is 14.0 Å². The van der Waals surface area contributed by atoms with E-state index in [4.69, 9.17) is 9.47 Å². The van der Waals surface area contributed by atoms with E-state index in [2.05, 4.69) is 9.71 Å². The van der Waals surface area contributed by atoms with Crippen LogP contribution >= 0.6 is 11.3 Å². The van der Waals surface area contributed by atoms with Gasteiger partial charge in [-0.05, 0) is 61.5 Å². The molecule has 186 valence electrons. The van der Waals surface area contributed by atoms with Crippen LogP contribution in [-0.2, 0) is 26.1 Å². The molecule has 11 heteroatoms. The summed E-state index contributed by atoms with van der Waals surface area (Å²) in [5.74, 6) is -0.349. The lowest BCUT2D eigenvalue weighted by Gasteiger charge is -2.08. The molecule has 0 saturated carbocycles. The second-order valence-corrected chi connectivity index (χ2v) is 10.2. The Bertz CT molecular complexity index is 1570. The molecule has 0 atom stereocenters. The molecule has 4 rings (SSSR count). The number of esters is 1. The van der Waals surface area contributed by atoms with Crippen LogP contribution in [0.5, 0.6) is 5.75 Å². The predicted octanol–water partition coefficient (Wildman–Crippen LogP) is 3.82. The van der Waals surface area contributed by atoms with E-state index in [0.29, 0.717) is 28.4 Å². The van der Waals surface area contributed by atoms with E-state index in [9.17, 15) is 18.0 Å². The Morgan fingerprint density at radius 2 is 1.75 bits per heavy atom. The highest BCUT2D eigenvalue weighted by molar-refractivity contribution is 7.92. The lowest BCUT2D eigenvalue weighted by molar-refractivity contribution is -0.141. The minimum Gasteiger partial charge on any atom is -0.494 e. The Morgan fingerprint density at radius 3 is 2.42 bits per heavy atom. The van der Waals surface area contributed by atoms with Gasteiger partial charge in [-0.15, -0.1) is 0 Å². The minimum atomic E-state index is -3.75. The third kappa shape index (κ3) is 5.64. The molecule has 0 unspecified atom stereocenters. The number of amides is 1. The Kier molecular flexibility index (Phi) is 7.51. The van der Waals surface area contributed by atoms with Gasteiger partial charge in [-0.1, -0.05) is 29.5 Å². The lowest BCUT2D eigenvalue weighted by atomic mass is 10.2. The summed E-state index contributed by atoms with van der Waals surface area (Å²) < 4.78 is 40.3. The third-order valence-corrected chi connectivity index (χ3v) is 7.55. The molecule has 1 amide bonds. The second-order valence-electron chi connectivity index (χ2n) is 7.52. The standard InChI is InChI=1S/C25H23N3O6S2/c1-3-34-19-13-14-21-22(15-19)35-25(28(21)16-23(29)33-2)26-24(30)17-9-11-18(12-10-17)27-36(31,32)20-7-5-4-6-8-20/h4-15,27H,3,16H2,1-2H3. The van der Waals surface area contributed by atoms with Crippen molar-refractivity contribution >= 4 is 49.1 Å². The van der Waals surface area contributed by atoms with Gasteiger partial charge in [0.1, 0.15) is 12.3 Å². The van der Waals surface area contributed by atoms with Crippen LogP contribution < -0.4 is 14.3 Å². The minimum absolute atomic E-state index is 0.114. The number of aromatic nitrogens is 1. The molecule has 0 saturated heterocycles. The van der Waals surface area contributed by atoms with E-state index in [1.165, 1.54) is 54.8 Å². The summed E-state index contributed by atoms with van der Waals surface area (Å²) in [7, 11) is -2.46. The van der Waals surface area contributed by atoms with Crippen molar-refractivity contribution in [2.75, 3.05) is 18.4 Å². The van der Waals surface area contributed by atoms with E-state index in [0.717, 1.165) is 4.70 Å². The number of hydrogen-bond acceptors (Lipinski definition) is 7. The number of benzene rings is 3. The molecule has 9 nitrogen and oxygen atoms in total. The summed E-state index contributed by atoms with van der Waals surface area (Å²) in [4.78, 5) is 29.6. The van der Waals surface area contributed by atoms with Crippen LogP contribution in [0, 0.1) is 0 Å². The number of carbonyl (C=O) groups excluding carboxylic acids is 2. The monoisotopic (exact) mass is 525 g/mol. The van der Waals surface area contributed by atoms with Gasteiger partial charge in [0.2, 0.25) is 0 Å². The number of thiazole rings is 1. The molecule has 0 spiro atoms. The van der Waals surface area contributed by atoms with Gasteiger partial charge in [0.25, 0.3) is 15.9 Å². The summed E-state index contributed by atoms with van der Waals surface area (Å²) in [5, 5.41) is 0. The van der Waals surface area contributed by atoms with E-state index in [1.54, 1.807) is 34.9 Å². The number of nitrogens with one attached hydrogen (secondary N) is 1. The van der Waals surface area contributed by atoms with Crippen LogP contribution in [0.1, 0.15) is 17.3 Å². The van der Waals surface area contributed by atoms with Crippen LogP contribution in [0.3, 0.4) is 0 Å². The lowest BCUT2D eigenvalue weighted by Crippen LogP contribution is -2.22. The molecule has 1 N–H and O–H groups in total. The maximum absolute atomic E-state index is 12.9. The third-order valence-electron chi connectivity index (χ3n) is 5.11. The Labute approximate surface area is 211 Å². The number of hydrogen-bond donors (Lipinski definition) is 1. The smallest absolute Gasteiger partial charge is 0.325 e. The fraction of sp³-hybridized carbons (Fsp3) is 0.160. The zero-order valence-electron chi connectivity index (χ0n) is 19.5. The van der Waals surface area contributed by atoms with Gasteiger partial charge >= 0.3 is 5.97 Å². The molecular weight excluding hydrogens is 502 g/mol. The highest BCUT2D eigenvalue weighted by atomic mass is 32.2. The van der Waals surface area contributed by atoms with Crippen molar-refractivity contribution in [1.29, 1.82) is 0 Å². The molecule has 4 aromatic rings. The zero-order chi connectivity index (χ0) is 25.7. The second kappa shape index (κ2) is 10.8. The van der Waals surface area contributed by atoms with E-state index >= 15 is 0 Å². The van der Waals surface area contributed by atoms with E-state index in [1.807, 2.05) is 13.0 Å². The molecule has 1 heterocycles. The number of methoxy groups -OCH3 is 1. The summed E-state index contributed by atoms with van der Waals surface area (Å²) >= 11 is 1.24. The molecule has 36 heavy (non-hydrogen) atoms. The predicted molar refractivity (Wildman–Crippen MR) is 137 cm³/mol. The van der Waals surface area contributed by atoms with E-state index in [-0.39, 0.29) is 17.0 Å². The van der Waals surface area contributed by atoms with Crippen molar-refractivity contribution in [1.82, 2.24) is 4.57 Å². The SMILES string of the molecule is CCOc1ccc2c(c1)sc(=NC(=O)c1ccc(NS(=O)(=O)c3ccccc3)cc1)n2CC(=O)OC. The fourth-order valence-corrected chi connectivity index (χ4v) is 5.52. The summed E-state index contributed by atoms with van der Waals surface area (Å²) in [5.41, 5.74) is 1.28. The Morgan fingerprint density at radius 1 is 1.03 bits per heavy atom. The molecule has 0 aliphatic heterocycles. The molecule has 0 radical (unpaired) electrons. The maximum Gasteiger partial charge on any atom is 0.325 e. The van der Waals surface area contributed by atoms with Gasteiger partial charge in [-0.2, -0.15) is 4.99 Å². The number of ether oxygens (including phenoxy) is 2. The number of nitrogens with zero attached hydrogens (tertiary/aromatic N) is 2. The molecule has 3 aromatic carbocycles. The van der Waals surface area contributed by atoms with Crippen molar-refractivity contribution in [2.24, 2.45) is 4.99 Å². The van der Waals surface area contributed by atoms with Crippen LogP contribution in [0.4, 0.5) is 5.69 Å². The van der Waals surface area contributed by atoms with Crippen LogP contribution in [0.15, 0.2) is 82.7 Å². The van der Waals surface area contributed by atoms with Gasteiger partial charge in [0.05, 0.1) is 28.8 Å². The fourth-order valence-electron chi connectivity index (χ4n) is 3.39. The number of rotatable bonds is 8. The molecule has 0 aliphatic carbocycles. The first-order valence-corrected chi connectivity index (χ1v) is 13.2. The summed E-state index contributed by atoms with van der Waals surface area (Å²) in [6.45, 7) is 2.27. The Balaban J connectivity index is 1.63. The highest BCUT2D eigenvalue weighted by Crippen LogP contribution is 2.24. The summed E-state index contributed by atoms with van der Waals surface area (Å²) in [6.07, 6.45) is 0. The first-order chi connectivity index (χ1) is 17.3. The van der Waals surface area contributed by atoms with Gasteiger partial charge in [0, 0.05) is 11.3 Å². The number of carbonyl (C=O) groups is 2. The normalized spacial score (nSPS) is 11.9. The number of anilines is 1. The molecular formula is C25H23N3O6S2. The Hall–Kier alpha value is -3.96. The summed E-state index contributed by atoms with van der Waals surface area (Å²) in [6, 6.07) is 19.3. The molecule has 0 bridgehead atoms. The average Bonchev–Trinajstić information content (AvgIpc) is 3.20. The van der Waals surface area contributed by atoms with Crippen molar-refractivity contribution in [3.8, 4) is 5.75 Å². The van der Waals surface area contributed by atoms with Crippen molar-refractivity contribution in [3.05, 3.63) is 83.2 Å². The molecule has 0 fully saturated rings. The van der Waals surface area contributed by atoms with E-state index < -0.39 is 21.9 Å². The topological polar surface area (TPSA) is 116 Å². The zero-order valence-corrected chi connectivity index (χ0v) is 21.1. The molecule has 1 aromatic heterocycles. The van der Waals surface area contributed by atoms with Crippen molar-refractivity contribution in [2.45, 2.75) is 18.4 Å². The number of fused-ring (bicyclic) bond motifs is 1. The molecule has 0 aliphatic rings. The quantitative estimate of drug-likeness (QED) is 0.350. The van der Waals surface area contributed by atoms with Crippen LogP contribution in [-0.4, -0.2) is 38.6 Å². The average molecular weight is 526 g/mol. The van der Waals surface area contributed by atoms with Crippen LogP contribution in [0.2, 0.25) is 0 Å². The largest absolute Gasteiger partial charge is 0.494 e. The number of sulfonamides is 1.